The molecule has 3 heterocycles. The van der Waals surface area contributed by atoms with E-state index in [-0.39, 0.29) is 23.8 Å². The number of amides is 3. The van der Waals surface area contributed by atoms with Crippen LogP contribution in [0.1, 0.15) is 87.1 Å². The van der Waals surface area contributed by atoms with Gasteiger partial charge in [0.05, 0.1) is 13.2 Å². The quantitative estimate of drug-likeness (QED) is 0.547. The van der Waals surface area contributed by atoms with Crippen molar-refractivity contribution in [3.05, 3.63) is 35.4 Å². The summed E-state index contributed by atoms with van der Waals surface area (Å²) in [6, 6.07) is 7.56. The number of piperidine rings is 1. The van der Waals surface area contributed by atoms with Crippen LogP contribution < -0.4 is 5.32 Å². The van der Waals surface area contributed by atoms with Gasteiger partial charge in [-0.15, -0.1) is 0 Å². The summed E-state index contributed by atoms with van der Waals surface area (Å²) in [5, 5.41) is 3.20. The second-order valence-corrected chi connectivity index (χ2v) is 12.0. The van der Waals surface area contributed by atoms with Gasteiger partial charge in [0, 0.05) is 44.8 Å². The topological polar surface area (TPSA) is 82.2 Å². The lowest BCUT2D eigenvalue weighted by atomic mass is 9.79. The van der Waals surface area contributed by atoms with E-state index in [1.807, 2.05) is 34.1 Å². The molecule has 1 atom stereocenters. The third-order valence-corrected chi connectivity index (χ3v) is 9.43. The highest BCUT2D eigenvalue weighted by molar-refractivity contribution is 6.00. The first-order chi connectivity index (χ1) is 19.0. The Morgan fingerprint density at radius 2 is 1.69 bits per heavy atom. The Kier molecular flexibility index (Phi) is 9.23. The Hall–Kier alpha value is -2.45. The number of hydrogen-bond acceptors (Lipinski definition) is 5. The molecule has 0 bridgehead atoms. The molecule has 39 heavy (non-hydrogen) atoms. The molecule has 8 heteroatoms. The Morgan fingerprint density at radius 3 is 2.36 bits per heavy atom. The van der Waals surface area contributed by atoms with Crippen molar-refractivity contribution in [2.75, 3.05) is 45.9 Å². The largest absolute Gasteiger partial charge is 0.378 e. The molecule has 1 spiro atoms. The lowest BCUT2D eigenvalue weighted by Gasteiger charge is -2.52. The van der Waals surface area contributed by atoms with Gasteiger partial charge in [-0.1, -0.05) is 57.6 Å². The number of unbranched alkanes of at least 4 members (excludes halogenated alkanes) is 1. The fourth-order valence-electron chi connectivity index (χ4n) is 6.97. The van der Waals surface area contributed by atoms with Gasteiger partial charge in [-0.2, -0.15) is 0 Å². The minimum absolute atomic E-state index is 0.0599. The molecule has 0 radical (unpaired) electrons. The predicted octanol–water partition coefficient (Wildman–Crippen LogP) is 3.59. The number of hydrogen-bond donors (Lipinski definition) is 1. The van der Waals surface area contributed by atoms with Crippen LogP contribution in [-0.2, 0) is 20.9 Å². The number of benzene rings is 1. The van der Waals surface area contributed by atoms with Crippen molar-refractivity contribution >= 4 is 17.7 Å². The standard InChI is InChI=1S/C31H46N4O4/c1-2-3-15-35-29(37)27(22-24-7-5-4-6-8-24)32-30(38)31(35)13-16-33(17-14-31)23-25-9-11-26(12-10-25)28(36)34-18-20-39-21-19-34/h9-12,24,27H,2-8,13-23H2,1H3,(H,32,38). The highest BCUT2D eigenvalue weighted by atomic mass is 16.5. The van der Waals surface area contributed by atoms with Gasteiger partial charge in [0.2, 0.25) is 11.8 Å². The van der Waals surface area contributed by atoms with Gasteiger partial charge in [-0.3, -0.25) is 19.3 Å². The summed E-state index contributed by atoms with van der Waals surface area (Å²) in [6.07, 6.45) is 10.2. The smallest absolute Gasteiger partial charge is 0.254 e. The summed E-state index contributed by atoms with van der Waals surface area (Å²) in [7, 11) is 0. The van der Waals surface area contributed by atoms with Crippen LogP contribution in [0.15, 0.2) is 24.3 Å². The number of piperazine rings is 1. The number of morpholine rings is 1. The summed E-state index contributed by atoms with van der Waals surface area (Å²) in [5.41, 5.74) is 1.15. The maximum atomic E-state index is 13.8. The first-order valence-corrected chi connectivity index (χ1v) is 15.3. The van der Waals surface area contributed by atoms with Gasteiger partial charge >= 0.3 is 0 Å². The van der Waals surface area contributed by atoms with Crippen LogP contribution in [-0.4, -0.2) is 89.9 Å². The van der Waals surface area contributed by atoms with Crippen molar-refractivity contribution in [1.82, 2.24) is 20.0 Å². The van der Waals surface area contributed by atoms with E-state index >= 15 is 0 Å². The Labute approximate surface area is 233 Å². The van der Waals surface area contributed by atoms with Crippen molar-refractivity contribution in [2.24, 2.45) is 5.92 Å². The molecule has 1 aromatic rings. The molecule has 3 saturated heterocycles. The maximum Gasteiger partial charge on any atom is 0.254 e. The van der Waals surface area contributed by atoms with Gasteiger partial charge < -0.3 is 19.9 Å². The SMILES string of the molecule is CCCCN1C(=O)C(CC2CCCCC2)NC(=O)C12CCN(Cc1ccc(C(=O)N3CCOCC3)cc1)CC2. The molecule has 1 N–H and O–H groups in total. The zero-order valence-electron chi connectivity index (χ0n) is 23.7. The zero-order valence-corrected chi connectivity index (χ0v) is 23.7. The molecule has 4 fully saturated rings. The molecular weight excluding hydrogens is 492 g/mol. The van der Waals surface area contributed by atoms with E-state index in [0.29, 0.717) is 57.2 Å². The summed E-state index contributed by atoms with van der Waals surface area (Å²) in [4.78, 5) is 46.4. The molecule has 4 aliphatic rings. The third-order valence-electron chi connectivity index (χ3n) is 9.43. The van der Waals surface area contributed by atoms with E-state index in [1.54, 1.807) is 0 Å². The number of nitrogens with zero attached hydrogens (tertiary/aromatic N) is 3. The van der Waals surface area contributed by atoms with Crippen molar-refractivity contribution in [2.45, 2.75) is 89.3 Å². The van der Waals surface area contributed by atoms with E-state index in [9.17, 15) is 14.4 Å². The van der Waals surface area contributed by atoms with Gasteiger partial charge in [0.25, 0.3) is 5.91 Å². The molecule has 8 nitrogen and oxygen atoms in total. The van der Waals surface area contributed by atoms with Gasteiger partial charge in [-0.05, 0) is 49.3 Å². The lowest BCUT2D eigenvalue weighted by molar-refractivity contribution is -0.162. The van der Waals surface area contributed by atoms with Crippen LogP contribution in [0.3, 0.4) is 0 Å². The van der Waals surface area contributed by atoms with Crippen molar-refractivity contribution < 1.29 is 19.1 Å². The molecule has 5 rings (SSSR count). The molecule has 1 unspecified atom stereocenters. The van der Waals surface area contributed by atoms with Crippen molar-refractivity contribution in [1.29, 1.82) is 0 Å². The molecular formula is C31H46N4O4. The fraction of sp³-hybridized carbons (Fsp3) is 0.710. The number of ether oxygens (including phenoxy) is 1. The summed E-state index contributed by atoms with van der Waals surface area (Å²) in [5.74, 6) is 0.811. The zero-order chi connectivity index (χ0) is 27.2. The van der Waals surface area contributed by atoms with Crippen LogP contribution in [0.5, 0.6) is 0 Å². The fourth-order valence-corrected chi connectivity index (χ4v) is 6.97. The van der Waals surface area contributed by atoms with Gasteiger partial charge in [-0.25, -0.2) is 0 Å². The Balaban J connectivity index is 1.20. The van der Waals surface area contributed by atoms with Crippen molar-refractivity contribution in [3.8, 4) is 0 Å². The molecule has 1 saturated carbocycles. The monoisotopic (exact) mass is 538 g/mol. The molecule has 1 aromatic carbocycles. The van der Waals surface area contributed by atoms with Gasteiger partial charge in [0.15, 0.2) is 0 Å². The number of rotatable bonds is 8. The number of likely N-dealkylation sites (tertiary alicyclic amines) is 1. The second-order valence-electron chi connectivity index (χ2n) is 12.0. The van der Waals surface area contributed by atoms with Gasteiger partial charge in [0.1, 0.15) is 11.6 Å². The first kappa shape index (κ1) is 28.1. The van der Waals surface area contributed by atoms with E-state index < -0.39 is 5.54 Å². The molecule has 214 valence electrons. The van der Waals surface area contributed by atoms with Crippen LogP contribution in [0.25, 0.3) is 0 Å². The molecule has 1 aliphatic carbocycles. The summed E-state index contributed by atoms with van der Waals surface area (Å²) in [6.45, 7) is 7.60. The van der Waals surface area contributed by atoms with E-state index in [1.165, 1.54) is 32.1 Å². The van der Waals surface area contributed by atoms with E-state index in [0.717, 1.165) is 44.5 Å². The highest BCUT2D eigenvalue weighted by Crippen LogP contribution is 2.36. The number of carbonyl (C=O) groups is 3. The van der Waals surface area contributed by atoms with E-state index in [2.05, 4.69) is 17.1 Å². The van der Waals surface area contributed by atoms with Crippen molar-refractivity contribution in [3.63, 3.8) is 0 Å². The van der Waals surface area contributed by atoms with Crippen LogP contribution >= 0.6 is 0 Å². The average Bonchev–Trinajstić information content (AvgIpc) is 2.98. The van der Waals surface area contributed by atoms with Crippen LogP contribution in [0.4, 0.5) is 0 Å². The molecule has 3 amide bonds. The molecule has 0 aromatic heterocycles. The minimum Gasteiger partial charge on any atom is -0.378 e. The summed E-state index contributed by atoms with van der Waals surface area (Å²) < 4.78 is 5.36. The summed E-state index contributed by atoms with van der Waals surface area (Å²) >= 11 is 0. The van der Waals surface area contributed by atoms with E-state index in [4.69, 9.17) is 4.74 Å². The highest BCUT2D eigenvalue weighted by Gasteiger charge is 2.53. The maximum absolute atomic E-state index is 13.8. The number of carbonyl (C=O) groups excluding carboxylic acids is 3. The van der Waals surface area contributed by atoms with Crippen LogP contribution in [0.2, 0.25) is 0 Å². The third kappa shape index (κ3) is 6.32. The average molecular weight is 539 g/mol. The second kappa shape index (κ2) is 12.8. The first-order valence-electron chi connectivity index (χ1n) is 15.3. The Morgan fingerprint density at radius 1 is 1.00 bits per heavy atom. The predicted molar refractivity (Wildman–Crippen MR) is 150 cm³/mol. The Bertz CT molecular complexity index is 992. The lowest BCUT2D eigenvalue weighted by Crippen LogP contribution is -2.73. The normalized spacial score (nSPS) is 24.7. The van der Waals surface area contributed by atoms with Crippen LogP contribution in [0, 0.1) is 5.92 Å². The number of nitrogens with one attached hydrogen (secondary N) is 1. The minimum atomic E-state index is -0.722. The molecule has 3 aliphatic heterocycles.